The van der Waals surface area contributed by atoms with Crippen molar-refractivity contribution < 1.29 is 28.7 Å². The molecule has 14 heteroatoms. The summed E-state index contributed by atoms with van der Waals surface area (Å²) in [4.78, 5) is 74.8. The maximum atomic E-state index is 14.2. The fourth-order valence-corrected chi connectivity index (χ4v) is 13.5. The number of nitrogens with zero attached hydrogens (tertiary/aromatic N) is 4. The van der Waals surface area contributed by atoms with E-state index in [1.165, 1.54) is 47.6 Å². The van der Waals surface area contributed by atoms with Crippen LogP contribution in [0, 0.1) is 29.6 Å². The van der Waals surface area contributed by atoms with Crippen LogP contribution in [0.5, 0.6) is 0 Å². The SMILES string of the molecule is COC(=O)N[C@H](C(=O)N1C2CCC(C2)[C@H]1c1nc2ccc(C3=CC4=CC[C@@H]3C[C@@H](C)c3ccc(c(-c5ccc6nc([C@@H]7C8CCC(C8)N7C(=O)[C@@H](NC(=O)OC)C(C)C)[nH]c6c5)c3)CC4)cc2[nH]1)C(C)C. The number of aromatic amines is 2. The third-order valence-corrected chi connectivity index (χ3v) is 17.1. The first-order valence-corrected chi connectivity index (χ1v) is 26.1. The molecule has 0 spiro atoms. The molecule has 71 heavy (non-hydrogen) atoms. The van der Waals surface area contributed by atoms with Crippen LogP contribution in [0.1, 0.15) is 139 Å². The van der Waals surface area contributed by atoms with Gasteiger partial charge in [-0.2, -0.15) is 0 Å². The third kappa shape index (κ3) is 8.48. The van der Waals surface area contributed by atoms with Gasteiger partial charge in [-0.25, -0.2) is 19.6 Å². The largest absolute Gasteiger partial charge is 0.453 e. The van der Waals surface area contributed by atoms with E-state index in [1.54, 1.807) is 0 Å². The number of hydrogen-bond acceptors (Lipinski definition) is 8. The molecule has 10 atom stereocenters. The van der Waals surface area contributed by atoms with E-state index in [0.29, 0.717) is 23.7 Å². The smallest absolute Gasteiger partial charge is 0.407 e. The number of rotatable bonds is 10. The molecule has 3 aromatic carbocycles. The van der Waals surface area contributed by atoms with E-state index in [9.17, 15) is 19.2 Å². The summed E-state index contributed by atoms with van der Waals surface area (Å²) in [6.45, 7) is 10.2. The third-order valence-electron chi connectivity index (χ3n) is 17.1. The summed E-state index contributed by atoms with van der Waals surface area (Å²) in [5, 5.41) is 5.62. The zero-order valence-corrected chi connectivity index (χ0v) is 42.1. The Morgan fingerprint density at radius 1 is 0.676 bits per heavy atom. The zero-order valence-electron chi connectivity index (χ0n) is 42.1. The molecule has 372 valence electrons. The molecule has 0 radical (unpaired) electrons. The molecule has 8 bridgehead atoms. The van der Waals surface area contributed by atoms with Crippen molar-refractivity contribution in [2.24, 2.45) is 29.6 Å². The van der Waals surface area contributed by atoms with E-state index in [4.69, 9.17) is 19.4 Å². The second-order valence-corrected chi connectivity index (χ2v) is 22.1. The number of hydrogen-bond donors (Lipinski definition) is 4. The first-order chi connectivity index (χ1) is 34.3. The summed E-state index contributed by atoms with van der Waals surface area (Å²) in [5.41, 5.74) is 12.6. The number of ether oxygens (including phenoxy) is 2. The molecule has 14 nitrogen and oxygen atoms in total. The van der Waals surface area contributed by atoms with Gasteiger partial charge in [0.2, 0.25) is 11.8 Å². The number of alkyl carbamates (subject to hydrolysis) is 2. The highest BCUT2D eigenvalue weighted by Gasteiger charge is 2.53. The number of fused-ring (bicyclic) bond motifs is 6. The molecular weight excluding hydrogens is 893 g/mol. The van der Waals surface area contributed by atoms with Crippen molar-refractivity contribution in [3.8, 4) is 11.1 Å². The highest BCUT2D eigenvalue weighted by atomic mass is 16.5. The van der Waals surface area contributed by atoms with Crippen LogP contribution in [-0.2, 0) is 25.5 Å². The van der Waals surface area contributed by atoms with Gasteiger partial charge in [0.05, 0.1) is 48.4 Å². The normalized spacial score (nSPS) is 26.4. The highest BCUT2D eigenvalue weighted by molar-refractivity contribution is 5.89. The molecule has 9 aliphatic rings. The monoisotopic (exact) mass is 961 g/mol. The van der Waals surface area contributed by atoms with Crippen molar-refractivity contribution in [2.75, 3.05) is 14.2 Å². The van der Waals surface area contributed by atoms with Gasteiger partial charge in [0.1, 0.15) is 23.7 Å². The molecule has 2 saturated heterocycles. The number of piperidine rings is 2. The van der Waals surface area contributed by atoms with E-state index in [-0.39, 0.29) is 47.8 Å². The van der Waals surface area contributed by atoms with Gasteiger partial charge in [-0.1, -0.05) is 82.7 Å². The van der Waals surface area contributed by atoms with Gasteiger partial charge in [-0.3, -0.25) is 9.59 Å². The Kier molecular flexibility index (Phi) is 12.3. The molecule has 2 aromatic heterocycles. The Hall–Kier alpha value is -6.44. The summed E-state index contributed by atoms with van der Waals surface area (Å²) in [6, 6.07) is 18.8. The number of benzene rings is 3. The van der Waals surface area contributed by atoms with Crippen LogP contribution < -0.4 is 10.6 Å². The number of likely N-dealkylation sites (tertiary alicyclic amines) is 2. The van der Waals surface area contributed by atoms with Crippen LogP contribution in [0.25, 0.3) is 38.8 Å². The van der Waals surface area contributed by atoms with Crippen molar-refractivity contribution in [3.05, 3.63) is 101 Å². The Morgan fingerprint density at radius 2 is 1.23 bits per heavy atom. The minimum absolute atomic E-state index is 0.0722. The lowest BCUT2D eigenvalue weighted by Gasteiger charge is -2.37. The molecule has 7 aliphatic carbocycles. The molecule has 14 rings (SSSR count). The van der Waals surface area contributed by atoms with Gasteiger partial charge in [0.25, 0.3) is 0 Å². The van der Waals surface area contributed by atoms with E-state index < -0.39 is 24.3 Å². The minimum Gasteiger partial charge on any atom is -0.453 e. The first-order valence-electron chi connectivity index (χ1n) is 26.1. The average molecular weight is 961 g/mol. The molecule has 2 aliphatic heterocycles. The number of allylic oxidation sites excluding steroid dienone is 4. The van der Waals surface area contributed by atoms with Crippen LogP contribution in [0.2, 0.25) is 0 Å². The number of carbonyl (C=O) groups is 4. The lowest BCUT2D eigenvalue weighted by Crippen LogP contribution is -2.54. The molecule has 5 aromatic rings. The van der Waals surface area contributed by atoms with E-state index >= 15 is 0 Å². The van der Waals surface area contributed by atoms with Crippen LogP contribution in [0.15, 0.2) is 72.3 Å². The van der Waals surface area contributed by atoms with E-state index in [2.05, 4.69) is 94.3 Å². The Bertz CT molecular complexity index is 2980. The molecule has 4 N–H and O–H groups in total. The lowest BCUT2D eigenvalue weighted by molar-refractivity contribution is -0.140. The number of H-pyrrole nitrogens is 2. The van der Waals surface area contributed by atoms with Gasteiger partial charge < -0.3 is 39.9 Å². The number of methoxy groups -OCH3 is 2. The summed E-state index contributed by atoms with van der Waals surface area (Å²) in [7, 11) is 2.65. The zero-order chi connectivity index (χ0) is 49.4. The predicted molar refractivity (Wildman–Crippen MR) is 273 cm³/mol. The summed E-state index contributed by atoms with van der Waals surface area (Å²) < 4.78 is 9.79. The van der Waals surface area contributed by atoms with Gasteiger partial charge in [0, 0.05) is 12.1 Å². The molecule has 2 saturated carbocycles. The van der Waals surface area contributed by atoms with Crippen molar-refractivity contribution in [1.82, 2.24) is 40.4 Å². The van der Waals surface area contributed by atoms with E-state index in [0.717, 1.165) is 103 Å². The molecule has 4 unspecified atom stereocenters. The van der Waals surface area contributed by atoms with E-state index in [1.807, 2.05) is 37.5 Å². The Balaban J connectivity index is 0.847. The molecule has 4 fully saturated rings. The van der Waals surface area contributed by atoms with Crippen LogP contribution in [0.4, 0.5) is 9.59 Å². The maximum absolute atomic E-state index is 14.2. The fourth-order valence-electron chi connectivity index (χ4n) is 13.5. The summed E-state index contributed by atoms with van der Waals surface area (Å²) in [5.74, 6) is 2.52. The number of carbonyl (C=O) groups excluding carboxylic acids is 4. The van der Waals surface area contributed by atoms with Gasteiger partial charge in [-0.05, 0) is 157 Å². The van der Waals surface area contributed by atoms with Gasteiger partial charge in [-0.15, -0.1) is 0 Å². The summed E-state index contributed by atoms with van der Waals surface area (Å²) in [6.07, 6.45) is 13.4. The molecule has 4 heterocycles. The lowest BCUT2D eigenvalue weighted by atomic mass is 9.76. The average Bonchev–Trinajstić information content (AvgIpc) is 4.25. The quantitative estimate of drug-likeness (QED) is 0.107. The fraction of sp³-hybridized carbons (Fsp3) is 0.509. The topological polar surface area (TPSA) is 175 Å². The predicted octanol–water partition coefficient (Wildman–Crippen LogP) is 10.4. The van der Waals surface area contributed by atoms with Crippen LogP contribution in [0.3, 0.4) is 0 Å². The number of aromatic nitrogens is 4. The Morgan fingerprint density at radius 3 is 1.77 bits per heavy atom. The minimum atomic E-state index is -0.685. The van der Waals surface area contributed by atoms with Crippen molar-refractivity contribution in [1.29, 1.82) is 0 Å². The number of amides is 4. The summed E-state index contributed by atoms with van der Waals surface area (Å²) >= 11 is 0. The van der Waals surface area contributed by atoms with Gasteiger partial charge in [0.15, 0.2) is 0 Å². The number of nitrogens with one attached hydrogen (secondary N) is 4. The van der Waals surface area contributed by atoms with Crippen LogP contribution in [-0.4, -0.2) is 92.1 Å². The standard InChI is InChI=1S/C57H68N8O6/c1-29(2)48(62-56(68)70-6)54(66)64-40-18-14-38(24-40)50(64)52-58-44-20-16-36(27-46(44)60-52)42-23-32-8-10-33-12-13-34(31(5)22-35(42)11-9-32)26-43(33)37-17-21-45-47(28-37)61-53(59-45)51-39-15-19-41(25-39)65(51)55(67)49(30(3)4)63-57(69)71-7/h9,12-13,16-17,20-21,23,26-31,35,38-41,48-51H,8,10-11,14-15,18-19,22,24-25H2,1-7H3,(H,58,60)(H,59,61)(H,62,68)(H,63,69)/t31-,35-,38?,39?,40?,41?,48+,49+,50+,51+/m1/s1. The van der Waals surface area contributed by atoms with Crippen LogP contribution >= 0.6 is 0 Å². The van der Waals surface area contributed by atoms with Gasteiger partial charge >= 0.3 is 12.2 Å². The second-order valence-electron chi connectivity index (χ2n) is 22.1. The van der Waals surface area contributed by atoms with Crippen molar-refractivity contribution >= 4 is 51.6 Å². The Labute approximate surface area is 415 Å². The number of imidazole rings is 2. The van der Waals surface area contributed by atoms with Crippen molar-refractivity contribution in [2.45, 2.75) is 141 Å². The number of aryl methyl sites for hydroxylation is 1. The maximum Gasteiger partial charge on any atom is 0.407 e. The molecular formula is C57H68N8O6. The first kappa shape index (κ1) is 46.9. The molecule has 4 amide bonds. The van der Waals surface area contributed by atoms with Crippen molar-refractivity contribution in [3.63, 3.8) is 0 Å². The second kappa shape index (κ2) is 18.6. The highest BCUT2D eigenvalue weighted by Crippen LogP contribution is 2.52.